The number of ether oxygens (including phenoxy) is 3. The van der Waals surface area contributed by atoms with Crippen LogP contribution in [0.5, 0.6) is 11.5 Å². The fourth-order valence-electron chi connectivity index (χ4n) is 5.23. The van der Waals surface area contributed by atoms with Gasteiger partial charge in [-0.1, -0.05) is 0 Å². The van der Waals surface area contributed by atoms with Crippen molar-refractivity contribution >= 4 is 16.6 Å². The number of nitrogens with zero attached hydrogens (tertiary/aromatic N) is 2. The third-order valence-electron chi connectivity index (χ3n) is 6.94. The summed E-state index contributed by atoms with van der Waals surface area (Å²) in [4.78, 5) is 7.56. The van der Waals surface area contributed by atoms with Gasteiger partial charge < -0.3 is 24.4 Å². The van der Waals surface area contributed by atoms with Crippen LogP contribution in [0.3, 0.4) is 0 Å². The molecule has 6 heteroatoms. The molecule has 2 fully saturated rings. The van der Waals surface area contributed by atoms with Gasteiger partial charge in [0.1, 0.15) is 0 Å². The molecule has 3 heterocycles. The van der Waals surface area contributed by atoms with Crippen LogP contribution in [0, 0.1) is 0 Å². The molecule has 3 aliphatic rings. The minimum absolute atomic E-state index is 0.455. The van der Waals surface area contributed by atoms with E-state index in [0.717, 1.165) is 74.3 Å². The van der Waals surface area contributed by atoms with Crippen molar-refractivity contribution in [2.75, 3.05) is 51.9 Å². The quantitative estimate of drug-likeness (QED) is 0.640. The molecular weight excluding hydrogens is 390 g/mol. The second-order valence-corrected chi connectivity index (χ2v) is 9.07. The molecule has 0 atom stereocenters. The van der Waals surface area contributed by atoms with E-state index in [0.29, 0.717) is 12.6 Å². The largest absolute Gasteiger partial charge is 0.493 e. The molecule has 5 rings (SSSR count). The molecule has 31 heavy (non-hydrogen) atoms. The topological polar surface area (TPSA) is 55.9 Å². The van der Waals surface area contributed by atoms with E-state index in [1.165, 1.54) is 49.3 Å². The highest BCUT2D eigenvalue weighted by Gasteiger charge is 2.24. The van der Waals surface area contributed by atoms with E-state index in [9.17, 15) is 0 Å². The van der Waals surface area contributed by atoms with Gasteiger partial charge in [0.15, 0.2) is 11.5 Å². The second kappa shape index (κ2) is 9.61. The van der Waals surface area contributed by atoms with E-state index in [2.05, 4.69) is 22.3 Å². The zero-order chi connectivity index (χ0) is 21.0. The number of rotatable bonds is 8. The lowest BCUT2D eigenvalue weighted by Crippen LogP contribution is -2.28. The molecule has 2 saturated heterocycles. The Morgan fingerprint density at radius 2 is 1.94 bits per heavy atom. The highest BCUT2D eigenvalue weighted by Crippen LogP contribution is 2.40. The Balaban J connectivity index is 1.39. The standard InChI is InChI=1S/C25H35N3O3/c1-29-23-16-20-22(17-24(23)31-13-5-12-28-10-2-3-11-28)27-21-7-4-6-19(21)25(20)26-18-8-14-30-15-9-18/h16-18H,2-15H2,1H3,(H,26,27). The number of hydrogen-bond donors (Lipinski definition) is 1. The molecule has 0 saturated carbocycles. The maximum atomic E-state index is 6.18. The maximum absolute atomic E-state index is 6.18. The first-order valence-electron chi connectivity index (χ1n) is 12.0. The van der Waals surface area contributed by atoms with Crippen molar-refractivity contribution in [3.05, 3.63) is 23.4 Å². The van der Waals surface area contributed by atoms with Crippen molar-refractivity contribution < 1.29 is 14.2 Å². The van der Waals surface area contributed by atoms with E-state index < -0.39 is 0 Å². The summed E-state index contributed by atoms with van der Waals surface area (Å²) in [6.07, 6.45) is 9.14. The molecular formula is C25H35N3O3. The fraction of sp³-hybridized carbons (Fsp3) is 0.640. The molecule has 0 bridgehead atoms. The molecule has 168 valence electrons. The second-order valence-electron chi connectivity index (χ2n) is 9.07. The van der Waals surface area contributed by atoms with Gasteiger partial charge in [0.05, 0.1) is 19.2 Å². The van der Waals surface area contributed by atoms with Gasteiger partial charge in [-0.15, -0.1) is 0 Å². The summed E-state index contributed by atoms with van der Waals surface area (Å²) in [5.74, 6) is 1.60. The summed E-state index contributed by atoms with van der Waals surface area (Å²) in [6.45, 7) is 5.95. The highest BCUT2D eigenvalue weighted by atomic mass is 16.5. The van der Waals surface area contributed by atoms with E-state index >= 15 is 0 Å². The monoisotopic (exact) mass is 425 g/mol. The third kappa shape index (κ3) is 4.60. The fourth-order valence-corrected chi connectivity index (χ4v) is 5.23. The lowest BCUT2D eigenvalue weighted by atomic mass is 10.0. The summed E-state index contributed by atoms with van der Waals surface area (Å²) in [7, 11) is 1.73. The molecule has 0 radical (unpaired) electrons. The zero-order valence-electron chi connectivity index (χ0n) is 18.8. The van der Waals surface area contributed by atoms with E-state index in [4.69, 9.17) is 19.2 Å². The van der Waals surface area contributed by atoms with Crippen LogP contribution in [0.15, 0.2) is 12.1 Å². The number of anilines is 1. The van der Waals surface area contributed by atoms with Crippen molar-refractivity contribution in [1.82, 2.24) is 9.88 Å². The predicted molar refractivity (Wildman–Crippen MR) is 124 cm³/mol. The minimum Gasteiger partial charge on any atom is -0.493 e. The maximum Gasteiger partial charge on any atom is 0.163 e. The molecule has 2 aliphatic heterocycles. The van der Waals surface area contributed by atoms with Gasteiger partial charge in [0, 0.05) is 48.6 Å². The number of fused-ring (bicyclic) bond motifs is 2. The van der Waals surface area contributed by atoms with Crippen LogP contribution in [0.2, 0.25) is 0 Å². The first-order valence-corrected chi connectivity index (χ1v) is 12.0. The Hall–Kier alpha value is -2.05. The number of nitrogens with one attached hydrogen (secondary N) is 1. The van der Waals surface area contributed by atoms with Crippen molar-refractivity contribution in [3.63, 3.8) is 0 Å². The molecule has 1 N–H and O–H groups in total. The number of aryl methyl sites for hydroxylation is 1. The molecule has 0 amide bonds. The summed E-state index contributed by atoms with van der Waals surface area (Å²) in [5, 5.41) is 5.00. The van der Waals surface area contributed by atoms with Gasteiger partial charge in [-0.25, -0.2) is 0 Å². The van der Waals surface area contributed by atoms with E-state index in [1.807, 2.05) is 0 Å². The van der Waals surface area contributed by atoms with Crippen molar-refractivity contribution in [2.24, 2.45) is 0 Å². The van der Waals surface area contributed by atoms with Crippen LogP contribution in [-0.2, 0) is 17.6 Å². The summed E-state index contributed by atoms with van der Waals surface area (Å²) in [5.41, 5.74) is 4.89. The van der Waals surface area contributed by atoms with Gasteiger partial charge in [0.2, 0.25) is 0 Å². The predicted octanol–water partition coefficient (Wildman–Crippen LogP) is 4.19. The van der Waals surface area contributed by atoms with E-state index in [1.54, 1.807) is 7.11 Å². The van der Waals surface area contributed by atoms with Crippen LogP contribution in [0.1, 0.15) is 49.8 Å². The number of pyridine rings is 1. The minimum atomic E-state index is 0.455. The van der Waals surface area contributed by atoms with Crippen LogP contribution < -0.4 is 14.8 Å². The smallest absolute Gasteiger partial charge is 0.163 e. The first-order chi connectivity index (χ1) is 15.3. The lowest BCUT2D eigenvalue weighted by molar-refractivity contribution is 0.0904. The molecule has 1 aromatic heterocycles. The Morgan fingerprint density at radius 1 is 1.10 bits per heavy atom. The molecule has 0 spiro atoms. The zero-order valence-corrected chi connectivity index (χ0v) is 18.8. The van der Waals surface area contributed by atoms with Crippen LogP contribution in [0.4, 0.5) is 5.69 Å². The third-order valence-corrected chi connectivity index (χ3v) is 6.94. The lowest BCUT2D eigenvalue weighted by Gasteiger charge is -2.26. The number of aromatic nitrogens is 1. The Bertz CT molecular complexity index is 905. The van der Waals surface area contributed by atoms with Gasteiger partial charge >= 0.3 is 0 Å². The van der Waals surface area contributed by atoms with Crippen LogP contribution >= 0.6 is 0 Å². The average Bonchev–Trinajstić information content (AvgIpc) is 3.49. The Labute approximate surface area is 185 Å². The number of hydrogen-bond acceptors (Lipinski definition) is 6. The highest BCUT2D eigenvalue weighted by molar-refractivity contribution is 5.96. The van der Waals surface area contributed by atoms with Crippen LogP contribution in [0.25, 0.3) is 10.9 Å². The van der Waals surface area contributed by atoms with Crippen molar-refractivity contribution in [1.29, 1.82) is 0 Å². The van der Waals surface area contributed by atoms with Crippen molar-refractivity contribution in [2.45, 2.75) is 57.4 Å². The summed E-state index contributed by atoms with van der Waals surface area (Å²) in [6, 6.07) is 4.66. The van der Waals surface area contributed by atoms with Gasteiger partial charge in [0.25, 0.3) is 0 Å². The van der Waals surface area contributed by atoms with Gasteiger partial charge in [-0.05, 0) is 76.1 Å². The van der Waals surface area contributed by atoms with Crippen molar-refractivity contribution in [3.8, 4) is 11.5 Å². The molecule has 6 nitrogen and oxygen atoms in total. The molecule has 1 aromatic carbocycles. The van der Waals surface area contributed by atoms with Gasteiger partial charge in [-0.3, -0.25) is 4.98 Å². The molecule has 1 aliphatic carbocycles. The SMILES string of the molecule is COc1cc2c(NC3CCOCC3)c3c(nc2cc1OCCCN1CCCC1)CCC3. The molecule has 2 aromatic rings. The number of methoxy groups -OCH3 is 1. The summed E-state index contributed by atoms with van der Waals surface area (Å²) >= 11 is 0. The average molecular weight is 426 g/mol. The first kappa shape index (κ1) is 20.8. The van der Waals surface area contributed by atoms with Gasteiger partial charge in [-0.2, -0.15) is 0 Å². The normalized spacial score (nSPS) is 19.6. The number of benzene rings is 1. The van der Waals surface area contributed by atoms with E-state index in [-0.39, 0.29) is 0 Å². The Morgan fingerprint density at radius 3 is 2.74 bits per heavy atom. The number of likely N-dealkylation sites (tertiary alicyclic amines) is 1. The summed E-state index contributed by atoms with van der Waals surface area (Å²) < 4.78 is 17.5. The van der Waals surface area contributed by atoms with Crippen LogP contribution in [-0.4, -0.2) is 62.5 Å². The molecule has 0 unspecified atom stereocenters. The Kier molecular flexibility index (Phi) is 6.46.